The van der Waals surface area contributed by atoms with Gasteiger partial charge in [0.2, 0.25) is 5.82 Å². The number of ether oxygens (including phenoxy) is 4. The van der Waals surface area contributed by atoms with Crippen LogP contribution in [0.1, 0.15) is 41.1 Å². The first-order valence-electron chi connectivity index (χ1n) is 8.63. The first-order chi connectivity index (χ1) is 13.3. The lowest BCUT2D eigenvalue weighted by Gasteiger charge is -2.24. The second-order valence-corrected chi connectivity index (χ2v) is 6.88. The van der Waals surface area contributed by atoms with E-state index in [0.717, 1.165) is 0 Å². The van der Waals surface area contributed by atoms with Crippen LogP contribution in [-0.4, -0.2) is 62.3 Å². The number of fused-ring (bicyclic) bond motifs is 1. The van der Waals surface area contributed by atoms with Crippen molar-refractivity contribution in [3.63, 3.8) is 0 Å². The van der Waals surface area contributed by atoms with Crippen molar-refractivity contribution >= 4 is 11.9 Å². The van der Waals surface area contributed by atoms with Gasteiger partial charge in [-0.05, 0) is 26.0 Å². The Labute approximate surface area is 159 Å². The maximum atomic E-state index is 12.2. The summed E-state index contributed by atoms with van der Waals surface area (Å²) in [6, 6.07) is 3.25. The van der Waals surface area contributed by atoms with Crippen molar-refractivity contribution in [3.05, 3.63) is 42.2 Å². The molecule has 2 saturated heterocycles. The maximum absolute atomic E-state index is 12.2. The molecule has 0 radical (unpaired) electrons. The van der Waals surface area contributed by atoms with Gasteiger partial charge < -0.3 is 24.7 Å². The molecule has 0 bridgehead atoms. The lowest BCUT2D eigenvalue weighted by Crippen LogP contribution is -2.33. The first-order valence-corrected chi connectivity index (χ1v) is 8.63. The standard InChI is InChI=1S/C17H19N5O6/c1-17(2)27-11-10(7-25-16(24)9-4-3-5-19-6-9)26-15(12(11)28-17)22-8-20-14(21-22)13(18)23/h3-6,8,10-12,15H,7H2,1-2H3,(H2,18,23)/t10-,11-,12-,15-/m1/s1. The van der Waals surface area contributed by atoms with Gasteiger partial charge in [-0.25, -0.2) is 14.5 Å². The minimum absolute atomic E-state index is 0.0534. The molecule has 2 aromatic rings. The minimum atomic E-state index is -0.851. The van der Waals surface area contributed by atoms with Crippen LogP contribution >= 0.6 is 0 Å². The van der Waals surface area contributed by atoms with Crippen molar-refractivity contribution in [2.45, 2.75) is 44.2 Å². The summed E-state index contributed by atoms with van der Waals surface area (Å²) in [7, 11) is 0. The van der Waals surface area contributed by atoms with Crippen LogP contribution in [0.3, 0.4) is 0 Å². The van der Waals surface area contributed by atoms with Crippen molar-refractivity contribution in [2.75, 3.05) is 6.61 Å². The third-order valence-corrected chi connectivity index (χ3v) is 4.39. The molecule has 4 heterocycles. The molecule has 2 fully saturated rings. The Morgan fingerprint density at radius 3 is 2.79 bits per heavy atom. The third kappa shape index (κ3) is 3.46. The molecular weight excluding hydrogens is 370 g/mol. The number of hydrogen-bond donors (Lipinski definition) is 1. The Hall–Kier alpha value is -2.89. The van der Waals surface area contributed by atoms with Crippen molar-refractivity contribution in [2.24, 2.45) is 5.73 Å². The minimum Gasteiger partial charge on any atom is -0.459 e. The van der Waals surface area contributed by atoms with E-state index in [2.05, 4.69) is 15.1 Å². The number of carbonyl (C=O) groups excluding carboxylic acids is 2. The topological polar surface area (TPSA) is 141 Å². The molecular formula is C17H19N5O6. The lowest BCUT2D eigenvalue weighted by molar-refractivity contribution is -0.201. The predicted molar refractivity (Wildman–Crippen MR) is 90.8 cm³/mol. The van der Waals surface area contributed by atoms with Gasteiger partial charge >= 0.3 is 5.97 Å². The summed E-state index contributed by atoms with van der Waals surface area (Å²) in [5.41, 5.74) is 5.54. The largest absolute Gasteiger partial charge is 0.459 e. The molecule has 1 amide bonds. The molecule has 4 atom stereocenters. The van der Waals surface area contributed by atoms with Gasteiger partial charge in [0.25, 0.3) is 5.91 Å². The number of nitrogens with two attached hydrogens (primary N) is 1. The average Bonchev–Trinajstić information content (AvgIpc) is 3.34. The second kappa shape index (κ2) is 6.93. The molecule has 0 aromatic carbocycles. The molecule has 11 nitrogen and oxygen atoms in total. The molecule has 2 aliphatic rings. The smallest absolute Gasteiger partial charge is 0.339 e. The van der Waals surface area contributed by atoms with Crippen molar-refractivity contribution in [1.82, 2.24) is 19.7 Å². The Balaban J connectivity index is 1.50. The van der Waals surface area contributed by atoms with Crippen molar-refractivity contribution in [1.29, 1.82) is 0 Å². The van der Waals surface area contributed by atoms with E-state index in [-0.39, 0.29) is 12.4 Å². The van der Waals surface area contributed by atoms with Crippen LogP contribution in [0.4, 0.5) is 0 Å². The Kier molecular flexibility index (Phi) is 4.57. The summed E-state index contributed by atoms with van der Waals surface area (Å²) in [6.07, 6.45) is 1.98. The zero-order valence-electron chi connectivity index (χ0n) is 15.2. The van der Waals surface area contributed by atoms with E-state index in [9.17, 15) is 9.59 Å². The molecule has 0 spiro atoms. The van der Waals surface area contributed by atoms with Gasteiger partial charge in [0.05, 0.1) is 5.56 Å². The number of pyridine rings is 1. The van der Waals surface area contributed by atoms with E-state index in [1.54, 1.807) is 32.2 Å². The fraction of sp³-hybridized carbons (Fsp3) is 0.471. The number of hydrogen-bond acceptors (Lipinski definition) is 9. The summed E-state index contributed by atoms with van der Waals surface area (Å²) < 4.78 is 24.5. The van der Waals surface area contributed by atoms with E-state index in [0.29, 0.717) is 5.56 Å². The Bertz CT molecular complexity index is 885. The quantitative estimate of drug-likeness (QED) is 0.702. The van der Waals surface area contributed by atoms with Gasteiger partial charge in [-0.2, -0.15) is 0 Å². The van der Waals surface area contributed by atoms with E-state index < -0.39 is 42.2 Å². The monoisotopic (exact) mass is 389 g/mol. The SMILES string of the molecule is CC1(C)O[C@@H]2[C@H](O1)[C@@H](COC(=O)c1cccnc1)O[C@H]2n1cnc(C(N)=O)n1. The Morgan fingerprint density at radius 2 is 2.11 bits per heavy atom. The number of esters is 1. The van der Waals surface area contributed by atoms with E-state index >= 15 is 0 Å². The van der Waals surface area contributed by atoms with E-state index in [1.807, 2.05) is 0 Å². The van der Waals surface area contributed by atoms with E-state index in [4.69, 9.17) is 24.7 Å². The fourth-order valence-corrected chi connectivity index (χ4v) is 3.24. The zero-order valence-corrected chi connectivity index (χ0v) is 15.2. The summed E-state index contributed by atoms with van der Waals surface area (Å²) in [5.74, 6) is -2.26. The number of carbonyl (C=O) groups is 2. The number of amides is 1. The molecule has 2 N–H and O–H groups in total. The van der Waals surface area contributed by atoms with Gasteiger partial charge in [0, 0.05) is 12.4 Å². The van der Waals surface area contributed by atoms with Crippen LogP contribution < -0.4 is 5.73 Å². The van der Waals surface area contributed by atoms with Crippen LogP contribution in [0.15, 0.2) is 30.9 Å². The number of primary amides is 1. The highest BCUT2D eigenvalue weighted by Gasteiger charge is 2.56. The van der Waals surface area contributed by atoms with Gasteiger partial charge in [0.1, 0.15) is 31.2 Å². The van der Waals surface area contributed by atoms with Crippen LogP contribution in [0.5, 0.6) is 0 Å². The molecule has 4 rings (SSSR count). The van der Waals surface area contributed by atoms with Gasteiger partial charge in [0.15, 0.2) is 12.0 Å². The molecule has 2 aliphatic heterocycles. The third-order valence-electron chi connectivity index (χ3n) is 4.39. The highest BCUT2D eigenvalue weighted by atomic mass is 16.8. The van der Waals surface area contributed by atoms with Gasteiger partial charge in [-0.15, -0.1) is 5.10 Å². The highest BCUT2D eigenvalue weighted by molar-refractivity contribution is 5.89. The highest BCUT2D eigenvalue weighted by Crippen LogP contribution is 2.42. The summed E-state index contributed by atoms with van der Waals surface area (Å²) in [4.78, 5) is 31.2. The molecule has 0 unspecified atom stereocenters. The first kappa shape index (κ1) is 18.5. The normalized spacial score (nSPS) is 28.1. The van der Waals surface area contributed by atoms with Crippen LogP contribution in [-0.2, 0) is 18.9 Å². The average molecular weight is 389 g/mol. The number of rotatable bonds is 5. The second-order valence-electron chi connectivity index (χ2n) is 6.88. The molecule has 0 aliphatic carbocycles. The van der Waals surface area contributed by atoms with Gasteiger partial charge in [-0.1, -0.05) is 0 Å². The molecule has 2 aromatic heterocycles. The van der Waals surface area contributed by atoms with Crippen LogP contribution in [0, 0.1) is 0 Å². The fourth-order valence-electron chi connectivity index (χ4n) is 3.24. The molecule has 0 saturated carbocycles. The van der Waals surface area contributed by atoms with Crippen LogP contribution in [0.25, 0.3) is 0 Å². The van der Waals surface area contributed by atoms with Crippen molar-refractivity contribution in [3.8, 4) is 0 Å². The zero-order chi connectivity index (χ0) is 19.9. The molecule has 28 heavy (non-hydrogen) atoms. The lowest BCUT2D eigenvalue weighted by atomic mass is 10.1. The number of nitrogens with zero attached hydrogens (tertiary/aromatic N) is 4. The molecule has 148 valence electrons. The summed E-state index contributed by atoms with van der Waals surface area (Å²) >= 11 is 0. The summed E-state index contributed by atoms with van der Waals surface area (Å²) in [5, 5.41) is 4.03. The molecule has 11 heteroatoms. The van der Waals surface area contributed by atoms with Gasteiger partial charge in [-0.3, -0.25) is 9.78 Å². The van der Waals surface area contributed by atoms with Crippen molar-refractivity contribution < 1.29 is 28.5 Å². The van der Waals surface area contributed by atoms with Crippen LogP contribution in [0.2, 0.25) is 0 Å². The maximum Gasteiger partial charge on any atom is 0.339 e. The number of aromatic nitrogens is 4. The summed E-state index contributed by atoms with van der Waals surface area (Å²) in [6.45, 7) is 3.50. The Morgan fingerprint density at radius 1 is 1.32 bits per heavy atom. The van der Waals surface area contributed by atoms with E-state index in [1.165, 1.54) is 17.2 Å². The predicted octanol–water partition coefficient (Wildman–Crippen LogP) is 0.0465.